The van der Waals surface area contributed by atoms with E-state index in [2.05, 4.69) is 25.4 Å². The lowest BCUT2D eigenvalue weighted by atomic mass is 10.2. The van der Waals surface area contributed by atoms with E-state index in [0.29, 0.717) is 5.69 Å². The molecule has 1 fully saturated rings. The molecule has 28 heavy (non-hydrogen) atoms. The number of furan rings is 1. The molecule has 0 radical (unpaired) electrons. The van der Waals surface area contributed by atoms with Crippen molar-refractivity contribution in [2.24, 2.45) is 4.99 Å². The minimum atomic E-state index is -0.133. The summed E-state index contributed by atoms with van der Waals surface area (Å²) < 4.78 is 19.2. The number of aliphatic imine (C=N–C) groups is 1. The van der Waals surface area contributed by atoms with Crippen LogP contribution < -0.4 is 15.5 Å². The number of halogens is 1. The lowest BCUT2D eigenvalue weighted by Crippen LogP contribution is -2.47. The second kappa shape index (κ2) is 10.7. The van der Waals surface area contributed by atoms with Crippen LogP contribution >= 0.6 is 0 Å². The average molecular weight is 388 g/mol. The Morgan fingerprint density at radius 1 is 1.07 bits per heavy atom. The van der Waals surface area contributed by atoms with E-state index in [1.165, 1.54) is 6.07 Å². The molecule has 1 aromatic heterocycles. The number of benzene rings is 1. The Morgan fingerprint density at radius 2 is 1.86 bits per heavy atom. The van der Waals surface area contributed by atoms with Crippen LogP contribution in [0.2, 0.25) is 0 Å². The fraction of sp³-hybridized carbons (Fsp3) is 0.476. The number of hydrogen-bond donors (Lipinski definition) is 2. The van der Waals surface area contributed by atoms with Gasteiger partial charge in [0.05, 0.1) is 12.0 Å². The minimum Gasteiger partial charge on any atom is -0.469 e. The first-order chi connectivity index (χ1) is 13.8. The Bertz CT molecular complexity index is 726. The standard InChI is InChI=1S/C21H30FN5O/c1-23-21(25-11-9-18-6-4-17-28-18)24-10-5-12-26-13-15-27(16-14-26)20-8-3-2-7-19(20)22/h2-4,6-8,17H,5,9-16H2,1H3,(H2,23,24,25). The van der Waals surface area contributed by atoms with E-state index in [-0.39, 0.29) is 5.82 Å². The molecule has 0 spiro atoms. The quantitative estimate of drug-likeness (QED) is 0.414. The van der Waals surface area contributed by atoms with Crippen LogP contribution in [0.15, 0.2) is 52.1 Å². The van der Waals surface area contributed by atoms with E-state index < -0.39 is 0 Å². The number of rotatable bonds is 8. The third-order valence-electron chi connectivity index (χ3n) is 4.98. The van der Waals surface area contributed by atoms with E-state index >= 15 is 0 Å². The predicted octanol–water partition coefficient (Wildman–Crippen LogP) is 2.34. The van der Waals surface area contributed by atoms with Gasteiger partial charge in [0.2, 0.25) is 0 Å². The molecule has 2 heterocycles. The first-order valence-corrected chi connectivity index (χ1v) is 9.95. The molecule has 0 bridgehead atoms. The Morgan fingerprint density at radius 3 is 2.57 bits per heavy atom. The number of nitrogens with one attached hydrogen (secondary N) is 2. The summed E-state index contributed by atoms with van der Waals surface area (Å²) in [4.78, 5) is 8.82. The molecular formula is C21H30FN5O. The van der Waals surface area contributed by atoms with Crippen molar-refractivity contribution in [3.05, 3.63) is 54.2 Å². The van der Waals surface area contributed by atoms with Crippen LogP contribution in [0, 0.1) is 5.82 Å². The van der Waals surface area contributed by atoms with Gasteiger partial charge in [-0.2, -0.15) is 0 Å². The van der Waals surface area contributed by atoms with Crippen molar-refractivity contribution in [3.63, 3.8) is 0 Å². The van der Waals surface area contributed by atoms with Crippen molar-refractivity contribution in [2.75, 3.05) is 57.8 Å². The Labute approximate surface area is 166 Å². The third kappa shape index (κ3) is 5.99. The molecule has 0 saturated carbocycles. The van der Waals surface area contributed by atoms with Gasteiger partial charge >= 0.3 is 0 Å². The first kappa shape index (κ1) is 20.2. The van der Waals surface area contributed by atoms with E-state index in [1.54, 1.807) is 19.4 Å². The molecule has 1 saturated heterocycles. The van der Waals surface area contributed by atoms with Crippen LogP contribution in [0.4, 0.5) is 10.1 Å². The molecule has 2 aromatic rings. The first-order valence-electron chi connectivity index (χ1n) is 9.95. The number of anilines is 1. The van der Waals surface area contributed by atoms with Gasteiger partial charge in [0.1, 0.15) is 11.6 Å². The van der Waals surface area contributed by atoms with Crippen LogP contribution in [0.5, 0.6) is 0 Å². The lowest BCUT2D eigenvalue weighted by molar-refractivity contribution is 0.254. The van der Waals surface area contributed by atoms with E-state index in [4.69, 9.17) is 4.42 Å². The molecule has 0 aliphatic carbocycles. The Kier molecular flexibility index (Phi) is 7.72. The highest BCUT2D eigenvalue weighted by molar-refractivity contribution is 5.79. The Hall–Kier alpha value is -2.54. The van der Waals surface area contributed by atoms with Crippen molar-refractivity contribution in [1.82, 2.24) is 15.5 Å². The zero-order valence-electron chi connectivity index (χ0n) is 16.5. The van der Waals surface area contributed by atoms with Gasteiger partial charge in [-0.1, -0.05) is 12.1 Å². The summed E-state index contributed by atoms with van der Waals surface area (Å²) in [5.41, 5.74) is 0.716. The number of para-hydroxylation sites is 1. The molecule has 1 aromatic carbocycles. The zero-order chi connectivity index (χ0) is 19.6. The molecule has 0 atom stereocenters. The van der Waals surface area contributed by atoms with Gasteiger partial charge in [-0.25, -0.2) is 4.39 Å². The number of piperazine rings is 1. The van der Waals surface area contributed by atoms with Crippen LogP contribution in [-0.4, -0.2) is 63.7 Å². The second-order valence-corrected chi connectivity index (χ2v) is 6.89. The van der Waals surface area contributed by atoms with Crippen LogP contribution in [0.1, 0.15) is 12.2 Å². The SMILES string of the molecule is CN=C(NCCCN1CCN(c2ccccc2F)CC1)NCCc1ccco1. The maximum Gasteiger partial charge on any atom is 0.190 e. The molecule has 1 aliphatic rings. The second-order valence-electron chi connectivity index (χ2n) is 6.89. The van der Waals surface area contributed by atoms with Crippen molar-refractivity contribution < 1.29 is 8.81 Å². The van der Waals surface area contributed by atoms with Crippen molar-refractivity contribution >= 4 is 11.6 Å². The minimum absolute atomic E-state index is 0.133. The van der Waals surface area contributed by atoms with Gasteiger partial charge in [-0.05, 0) is 37.2 Å². The highest BCUT2D eigenvalue weighted by atomic mass is 19.1. The van der Waals surface area contributed by atoms with E-state index in [9.17, 15) is 4.39 Å². The fourth-order valence-electron chi connectivity index (χ4n) is 3.41. The number of hydrogen-bond acceptors (Lipinski definition) is 4. The summed E-state index contributed by atoms with van der Waals surface area (Å²) in [5, 5.41) is 6.65. The highest BCUT2D eigenvalue weighted by Gasteiger charge is 2.18. The topological polar surface area (TPSA) is 56.0 Å². The largest absolute Gasteiger partial charge is 0.469 e. The van der Waals surface area contributed by atoms with Gasteiger partial charge in [-0.3, -0.25) is 9.89 Å². The summed E-state index contributed by atoms with van der Waals surface area (Å²) >= 11 is 0. The van der Waals surface area contributed by atoms with Gasteiger partial charge in [0, 0.05) is 52.7 Å². The third-order valence-corrected chi connectivity index (χ3v) is 4.98. The highest BCUT2D eigenvalue weighted by Crippen LogP contribution is 2.20. The zero-order valence-corrected chi connectivity index (χ0v) is 16.5. The normalized spacial score (nSPS) is 15.6. The monoisotopic (exact) mass is 387 g/mol. The van der Waals surface area contributed by atoms with E-state index in [0.717, 1.165) is 70.4 Å². The van der Waals surface area contributed by atoms with Crippen molar-refractivity contribution in [3.8, 4) is 0 Å². The van der Waals surface area contributed by atoms with Gasteiger partial charge < -0.3 is 20.0 Å². The maximum absolute atomic E-state index is 13.9. The summed E-state index contributed by atoms with van der Waals surface area (Å²) in [7, 11) is 1.78. The lowest BCUT2D eigenvalue weighted by Gasteiger charge is -2.36. The van der Waals surface area contributed by atoms with E-state index in [1.807, 2.05) is 24.3 Å². The van der Waals surface area contributed by atoms with Crippen LogP contribution in [0.3, 0.4) is 0 Å². The number of guanidine groups is 1. The molecule has 6 nitrogen and oxygen atoms in total. The summed E-state index contributed by atoms with van der Waals surface area (Å²) in [6.45, 7) is 6.34. The average Bonchev–Trinajstić information content (AvgIpc) is 3.24. The summed E-state index contributed by atoms with van der Waals surface area (Å²) in [6.07, 6.45) is 3.57. The smallest absolute Gasteiger partial charge is 0.190 e. The Balaban J connectivity index is 1.28. The van der Waals surface area contributed by atoms with Gasteiger partial charge in [0.15, 0.2) is 5.96 Å². The molecule has 152 valence electrons. The summed E-state index contributed by atoms with van der Waals surface area (Å²) in [6, 6.07) is 10.9. The summed E-state index contributed by atoms with van der Waals surface area (Å²) in [5.74, 6) is 1.65. The van der Waals surface area contributed by atoms with Crippen LogP contribution in [0.25, 0.3) is 0 Å². The number of nitrogens with zero attached hydrogens (tertiary/aromatic N) is 3. The van der Waals surface area contributed by atoms with Gasteiger partial charge in [-0.15, -0.1) is 0 Å². The molecule has 0 amide bonds. The molecular weight excluding hydrogens is 357 g/mol. The maximum atomic E-state index is 13.9. The molecule has 0 unspecified atom stereocenters. The predicted molar refractivity (Wildman–Crippen MR) is 111 cm³/mol. The fourth-order valence-corrected chi connectivity index (χ4v) is 3.41. The molecule has 3 rings (SSSR count). The van der Waals surface area contributed by atoms with Gasteiger partial charge in [0.25, 0.3) is 0 Å². The molecule has 1 aliphatic heterocycles. The van der Waals surface area contributed by atoms with Crippen molar-refractivity contribution in [1.29, 1.82) is 0 Å². The molecule has 7 heteroatoms. The van der Waals surface area contributed by atoms with Crippen LogP contribution in [-0.2, 0) is 6.42 Å². The van der Waals surface area contributed by atoms with Crippen molar-refractivity contribution in [2.45, 2.75) is 12.8 Å². The molecule has 2 N–H and O–H groups in total.